The lowest BCUT2D eigenvalue weighted by atomic mass is 9.61. The lowest BCUT2D eigenvalue weighted by molar-refractivity contribution is -0.152. The van der Waals surface area contributed by atoms with Gasteiger partial charge in [-0.15, -0.1) is 0 Å². The van der Waals surface area contributed by atoms with Crippen molar-refractivity contribution in [3.05, 3.63) is 11.3 Å². The molecule has 1 N–H and O–H groups in total. The Balaban J connectivity index is 1.57. The second-order valence-electron chi connectivity index (χ2n) is 7.37. The van der Waals surface area contributed by atoms with Crippen molar-refractivity contribution in [1.29, 1.82) is 0 Å². The number of anilines is 2. The van der Waals surface area contributed by atoms with Crippen LogP contribution >= 0.6 is 11.6 Å². The monoisotopic (exact) mass is 380 g/mol. The van der Waals surface area contributed by atoms with E-state index in [1.54, 1.807) is 0 Å². The molecule has 3 saturated carbocycles. The van der Waals surface area contributed by atoms with Crippen molar-refractivity contribution in [2.45, 2.75) is 31.7 Å². The van der Waals surface area contributed by atoms with Gasteiger partial charge in [0.25, 0.3) is 0 Å². The molecule has 1 aliphatic heterocycles. The Bertz CT molecular complexity index is 660. The lowest BCUT2D eigenvalue weighted by Crippen LogP contribution is -2.51. The smallest absolute Gasteiger partial charge is 0.311 e. The Kier molecular flexibility index (Phi) is 5.18. The minimum atomic E-state index is -0.120. The van der Waals surface area contributed by atoms with Gasteiger partial charge < -0.3 is 19.7 Å². The Labute approximate surface area is 158 Å². The summed E-state index contributed by atoms with van der Waals surface area (Å²) in [5.74, 6) is 2.09. The molecule has 0 amide bonds. The van der Waals surface area contributed by atoms with E-state index in [4.69, 9.17) is 21.1 Å². The van der Waals surface area contributed by atoms with Crippen LogP contribution in [-0.2, 0) is 14.3 Å². The zero-order valence-corrected chi connectivity index (χ0v) is 15.7. The van der Waals surface area contributed by atoms with Gasteiger partial charge in [-0.3, -0.25) is 4.79 Å². The third-order valence-electron chi connectivity index (χ3n) is 6.03. The molecule has 1 saturated heterocycles. The van der Waals surface area contributed by atoms with Gasteiger partial charge in [-0.05, 0) is 49.1 Å². The minimum Gasteiger partial charge on any atom is -0.469 e. The van der Waals surface area contributed by atoms with Crippen LogP contribution in [0.3, 0.4) is 0 Å². The van der Waals surface area contributed by atoms with Gasteiger partial charge in [0.1, 0.15) is 11.6 Å². The standard InChI is InChI=1S/C18H25ClN4O3/c1-25-17(24)15-11-2-4-12(5-3-11)16(15)20-13-10-14(22-18(19)21-13)23-6-8-26-9-7-23/h10-12,15-16H,2-9H2,1H3,(H,20,21,22). The van der Waals surface area contributed by atoms with Crippen molar-refractivity contribution < 1.29 is 14.3 Å². The Morgan fingerprint density at radius 3 is 2.62 bits per heavy atom. The molecule has 7 nitrogen and oxygen atoms in total. The zero-order chi connectivity index (χ0) is 18.1. The number of carbonyl (C=O) groups is 1. The number of methoxy groups -OCH3 is 1. The maximum Gasteiger partial charge on any atom is 0.311 e. The molecule has 3 aliphatic carbocycles. The summed E-state index contributed by atoms with van der Waals surface area (Å²) in [7, 11) is 1.47. The molecule has 0 radical (unpaired) electrons. The first-order valence-electron chi connectivity index (χ1n) is 9.37. The second-order valence-corrected chi connectivity index (χ2v) is 7.71. The quantitative estimate of drug-likeness (QED) is 0.634. The molecule has 2 bridgehead atoms. The second kappa shape index (κ2) is 7.56. The molecular formula is C18H25ClN4O3. The van der Waals surface area contributed by atoms with Crippen LogP contribution in [0.25, 0.3) is 0 Å². The normalized spacial score (nSPS) is 30.9. The molecule has 2 unspecified atom stereocenters. The Hall–Kier alpha value is -1.60. The summed E-state index contributed by atoms with van der Waals surface area (Å²) >= 11 is 6.18. The summed E-state index contributed by atoms with van der Waals surface area (Å²) < 4.78 is 10.5. The van der Waals surface area contributed by atoms with Crippen molar-refractivity contribution in [3.8, 4) is 0 Å². The Morgan fingerprint density at radius 1 is 1.23 bits per heavy atom. The van der Waals surface area contributed by atoms with Crippen LogP contribution in [0, 0.1) is 17.8 Å². The first-order valence-corrected chi connectivity index (χ1v) is 9.75. The predicted molar refractivity (Wildman–Crippen MR) is 98.4 cm³/mol. The summed E-state index contributed by atoms with van der Waals surface area (Å²) in [5.41, 5.74) is 0. The van der Waals surface area contributed by atoms with Crippen LogP contribution in [0.4, 0.5) is 11.6 Å². The molecule has 8 heteroatoms. The first-order chi connectivity index (χ1) is 12.7. The molecule has 0 aromatic carbocycles. The van der Waals surface area contributed by atoms with Gasteiger partial charge in [-0.2, -0.15) is 0 Å². The molecule has 2 heterocycles. The van der Waals surface area contributed by atoms with Crippen molar-refractivity contribution in [1.82, 2.24) is 9.97 Å². The number of fused-ring (bicyclic) bond motifs is 3. The van der Waals surface area contributed by atoms with Crippen LogP contribution in [0.15, 0.2) is 6.07 Å². The summed E-state index contributed by atoms with van der Waals surface area (Å²) in [6, 6.07) is 1.96. The highest BCUT2D eigenvalue weighted by molar-refractivity contribution is 6.28. The third-order valence-corrected chi connectivity index (χ3v) is 6.20. The van der Waals surface area contributed by atoms with E-state index < -0.39 is 0 Å². The number of ether oxygens (including phenoxy) is 2. The predicted octanol–water partition coefficient (Wildman–Crippen LogP) is 2.36. The maximum atomic E-state index is 12.4. The van der Waals surface area contributed by atoms with E-state index in [9.17, 15) is 4.79 Å². The molecule has 5 rings (SSSR count). The largest absolute Gasteiger partial charge is 0.469 e. The van der Waals surface area contributed by atoms with E-state index in [1.807, 2.05) is 6.07 Å². The molecule has 1 aromatic rings. The Morgan fingerprint density at radius 2 is 1.92 bits per heavy atom. The van der Waals surface area contributed by atoms with Crippen LogP contribution in [0.2, 0.25) is 5.28 Å². The molecule has 4 aliphatic rings. The van der Waals surface area contributed by atoms with Crippen molar-refractivity contribution in [2.75, 3.05) is 43.6 Å². The van der Waals surface area contributed by atoms with Crippen molar-refractivity contribution in [2.24, 2.45) is 17.8 Å². The van der Waals surface area contributed by atoms with E-state index in [2.05, 4.69) is 20.2 Å². The fourth-order valence-corrected chi connectivity index (χ4v) is 4.91. The molecule has 0 spiro atoms. The molecule has 26 heavy (non-hydrogen) atoms. The number of halogens is 1. The van der Waals surface area contributed by atoms with Crippen LogP contribution < -0.4 is 10.2 Å². The van der Waals surface area contributed by atoms with Gasteiger partial charge >= 0.3 is 5.97 Å². The molecule has 1 aromatic heterocycles. The van der Waals surface area contributed by atoms with Crippen molar-refractivity contribution >= 4 is 29.2 Å². The van der Waals surface area contributed by atoms with Gasteiger partial charge in [0.05, 0.1) is 26.2 Å². The number of nitrogens with one attached hydrogen (secondary N) is 1. The van der Waals surface area contributed by atoms with Crippen LogP contribution in [0.5, 0.6) is 0 Å². The van der Waals surface area contributed by atoms with Gasteiger partial charge in [-0.25, -0.2) is 9.97 Å². The number of esters is 1. The lowest BCUT2D eigenvalue weighted by Gasteiger charge is -2.47. The minimum absolute atomic E-state index is 0.0402. The number of hydrogen-bond donors (Lipinski definition) is 1. The zero-order valence-electron chi connectivity index (χ0n) is 15.0. The highest BCUT2D eigenvalue weighted by Crippen LogP contribution is 2.46. The van der Waals surface area contributed by atoms with Gasteiger partial charge in [0.15, 0.2) is 0 Å². The summed E-state index contributed by atoms with van der Waals surface area (Å²) in [6.07, 6.45) is 4.49. The highest BCUT2D eigenvalue weighted by atomic mass is 35.5. The SMILES string of the molecule is COC(=O)C1C2CCC(CC2)C1Nc1cc(N2CCOCC2)nc(Cl)n1. The summed E-state index contributed by atoms with van der Waals surface area (Å²) in [4.78, 5) is 23.3. The molecule has 2 atom stereocenters. The number of carbonyl (C=O) groups excluding carboxylic acids is 1. The average molecular weight is 381 g/mol. The summed E-state index contributed by atoms with van der Waals surface area (Å²) in [6.45, 7) is 2.93. The van der Waals surface area contributed by atoms with Gasteiger partial charge in [0.2, 0.25) is 5.28 Å². The fourth-order valence-electron chi connectivity index (χ4n) is 4.74. The van der Waals surface area contributed by atoms with Gasteiger partial charge in [-0.1, -0.05) is 0 Å². The average Bonchev–Trinajstić information content (AvgIpc) is 2.68. The number of nitrogens with zero attached hydrogens (tertiary/aromatic N) is 3. The van der Waals surface area contributed by atoms with E-state index in [1.165, 1.54) is 7.11 Å². The maximum absolute atomic E-state index is 12.4. The fraction of sp³-hybridized carbons (Fsp3) is 0.722. The molecule has 142 valence electrons. The number of hydrogen-bond acceptors (Lipinski definition) is 7. The van der Waals surface area contributed by atoms with E-state index in [0.29, 0.717) is 30.9 Å². The van der Waals surface area contributed by atoms with Gasteiger partial charge in [0, 0.05) is 25.2 Å². The third kappa shape index (κ3) is 3.47. The van der Waals surface area contributed by atoms with E-state index >= 15 is 0 Å². The van der Waals surface area contributed by atoms with Crippen LogP contribution in [-0.4, -0.2) is 55.4 Å². The molecule has 4 fully saturated rings. The first kappa shape index (κ1) is 17.8. The summed E-state index contributed by atoms with van der Waals surface area (Å²) in [5, 5.41) is 3.72. The van der Waals surface area contributed by atoms with Crippen LogP contribution in [0.1, 0.15) is 25.7 Å². The van der Waals surface area contributed by atoms with E-state index in [-0.39, 0.29) is 23.2 Å². The molecular weight excluding hydrogens is 356 g/mol. The number of rotatable bonds is 4. The number of aromatic nitrogens is 2. The van der Waals surface area contributed by atoms with E-state index in [0.717, 1.165) is 44.6 Å². The van der Waals surface area contributed by atoms with Crippen molar-refractivity contribution in [3.63, 3.8) is 0 Å². The highest BCUT2D eigenvalue weighted by Gasteiger charge is 2.47. The topological polar surface area (TPSA) is 76.6 Å². The number of morpholine rings is 1.